The molecule has 0 nitrogen and oxygen atoms in total. The molecule has 0 spiro atoms. The van der Waals surface area contributed by atoms with Gasteiger partial charge < -0.3 is 37.2 Å². The minimum atomic E-state index is -0.719. The summed E-state index contributed by atoms with van der Waals surface area (Å²) in [5.41, 5.74) is 3.72. The van der Waals surface area contributed by atoms with E-state index in [1.807, 2.05) is 0 Å². The van der Waals surface area contributed by atoms with Crippen LogP contribution in [0.3, 0.4) is 0 Å². The summed E-state index contributed by atoms with van der Waals surface area (Å²) in [5.74, 6) is 0. The zero-order valence-corrected chi connectivity index (χ0v) is 19.7. The molecule has 0 saturated heterocycles. The number of halogens is 3. The van der Waals surface area contributed by atoms with E-state index >= 15 is 0 Å². The third kappa shape index (κ3) is 7.05. The van der Waals surface area contributed by atoms with Crippen molar-refractivity contribution >= 4 is 14.0 Å². The Labute approximate surface area is 165 Å². The summed E-state index contributed by atoms with van der Waals surface area (Å²) < 4.78 is 0. The maximum absolute atomic E-state index is 2.43. The predicted molar refractivity (Wildman–Crippen MR) is 77.9 cm³/mol. The molecule has 0 N–H and O–H groups in total. The summed E-state index contributed by atoms with van der Waals surface area (Å²) in [6.07, 6.45) is 0. The van der Waals surface area contributed by atoms with Crippen molar-refractivity contribution in [3.63, 3.8) is 0 Å². The fourth-order valence-electron chi connectivity index (χ4n) is 2.44. The Hall–Kier alpha value is 1.32. The average Bonchev–Trinajstić information content (AvgIpc) is 2.43. The molecule has 0 unspecified atom stereocenters. The molecule has 20 heavy (non-hydrogen) atoms. The van der Waals surface area contributed by atoms with Crippen molar-refractivity contribution in [2.75, 3.05) is 0 Å². The van der Waals surface area contributed by atoms with Crippen LogP contribution >= 0.6 is 0 Å². The van der Waals surface area contributed by atoms with E-state index < -0.39 is 8.80 Å². The molecular formula is C15H27Cl3SiZr. The molecule has 1 aromatic rings. The van der Waals surface area contributed by atoms with Crippen molar-refractivity contribution in [3.05, 3.63) is 23.3 Å². The molecule has 0 aromatic heterocycles. The molecule has 5 heteroatoms. The Kier molecular flexibility index (Phi) is 14.9. The molecule has 0 heterocycles. The van der Waals surface area contributed by atoms with E-state index in [0.29, 0.717) is 0 Å². The summed E-state index contributed by atoms with van der Waals surface area (Å²) in [7, 11) is -0.719. The van der Waals surface area contributed by atoms with Crippen LogP contribution in [0.5, 0.6) is 0 Å². The van der Waals surface area contributed by atoms with Crippen LogP contribution in [-0.2, 0) is 37.0 Å². The van der Waals surface area contributed by atoms with Gasteiger partial charge in [-0.15, -0.1) is 5.56 Å². The summed E-state index contributed by atoms with van der Waals surface area (Å²) in [6.45, 7) is 18.9. The van der Waals surface area contributed by atoms with E-state index in [9.17, 15) is 0 Å². The summed E-state index contributed by atoms with van der Waals surface area (Å²) in [4.78, 5) is 0. The third-order valence-electron chi connectivity index (χ3n) is 3.17. The Morgan fingerprint density at radius 2 is 1.30 bits per heavy atom. The topological polar surface area (TPSA) is 0 Å². The van der Waals surface area contributed by atoms with Gasteiger partial charge in [0, 0.05) is 0 Å². The molecule has 0 atom stereocenters. The molecule has 116 valence electrons. The zero-order valence-electron chi connectivity index (χ0n) is 13.9. The van der Waals surface area contributed by atoms with Gasteiger partial charge in [0.15, 0.2) is 0 Å². The molecule has 0 aliphatic carbocycles. The molecule has 0 aliphatic heterocycles. The van der Waals surface area contributed by atoms with Gasteiger partial charge in [0.05, 0.1) is 0 Å². The first-order chi connectivity index (χ1) is 7.05. The SMILES string of the molecule is C[SiH](C)c1cc[c-](C(C)(C)C)c1C(C)(C)C.[Cl-].[Cl-].[Cl-].[Zr+4]. The number of hydrogen-bond acceptors (Lipinski definition) is 0. The molecule has 1 aromatic carbocycles. The predicted octanol–water partition coefficient (Wildman–Crippen LogP) is -5.30. The van der Waals surface area contributed by atoms with E-state index in [1.165, 1.54) is 0 Å². The van der Waals surface area contributed by atoms with E-state index in [4.69, 9.17) is 0 Å². The Balaban J connectivity index is -0.000000320. The molecule has 0 aliphatic rings. The molecule has 0 saturated carbocycles. The van der Waals surface area contributed by atoms with Crippen molar-refractivity contribution in [2.24, 2.45) is 0 Å². The molecule has 0 amide bonds. The smallest absolute Gasteiger partial charge is 1.00 e. The Bertz CT molecular complexity index is 373. The Morgan fingerprint density at radius 1 is 0.900 bits per heavy atom. The maximum Gasteiger partial charge on any atom is 4.00 e. The van der Waals surface area contributed by atoms with Gasteiger partial charge in [-0.2, -0.15) is 11.6 Å². The first-order valence-corrected chi connectivity index (χ1v) is 9.24. The van der Waals surface area contributed by atoms with Crippen LogP contribution in [0.25, 0.3) is 0 Å². The molecule has 1 rings (SSSR count). The van der Waals surface area contributed by atoms with Crippen molar-refractivity contribution in [1.29, 1.82) is 0 Å². The van der Waals surface area contributed by atoms with Crippen LogP contribution in [0.2, 0.25) is 13.1 Å². The van der Waals surface area contributed by atoms with Crippen molar-refractivity contribution < 1.29 is 63.4 Å². The Morgan fingerprint density at radius 3 is 1.55 bits per heavy atom. The second-order valence-electron chi connectivity index (χ2n) is 7.23. The van der Waals surface area contributed by atoms with Gasteiger partial charge in [-0.1, -0.05) is 60.1 Å². The van der Waals surface area contributed by atoms with Crippen LogP contribution in [0.1, 0.15) is 52.7 Å². The van der Waals surface area contributed by atoms with E-state index in [2.05, 4.69) is 66.8 Å². The minimum absolute atomic E-state index is 0. The van der Waals surface area contributed by atoms with Gasteiger partial charge in [0.25, 0.3) is 0 Å². The molecular weight excluding hydrogens is 406 g/mol. The van der Waals surface area contributed by atoms with E-state index in [-0.39, 0.29) is 74.3 Å². The molecule has 0 fully saturated rings. The van der Waals surface area contributed by atoms with Crippen LogP contribution in [0.4, 0.5) is 0 Å². The quantitative estimate of drug-likeness (QED) is 0.307. The van der Waals surface area contributed by atoms with Gasteiger partial charge in [0.1, 0.15) is 0 Å². The van der Waals surface area contributed by atoms with Gasteiger partial charge in [-0.25, -0.2) is 11.3 Å². The largest absolute Gasteiger partial charge is 4.00 e. The normalized spacial score (nSPS) is 10.8. The average molecular weight is 433 g/mol. The fourth-order valence-corrected chi connectivity index (χ4v) is 4.09. The second kappa shape index (κ2) is 10.2. The van der Waals surface area contributed by atoms with Gasteiger partial charge in [-0.3, -0.25) is 0 Å². The van der Waals surface area contributed by atoms with Gasteiger partial charge in [0.2, 0.25) is 0 Å². The van der Waals surface area contributed by atoms with Crippen LogP contribution in [0.15, 0.2) is 12.1 Å². The van der Waals surface area contributed by atoms with Gasteiger partial charge >= 0.3 is 26.2 Å². The molecule has 0 bridgehead atoms. The van der Waals surface area contributed by atoms with Crippen molar-refractivity contribution in [2.45, 2.75) is 65.5 Å². The summed E-state index contributed by atoms with van der Waals surface area (Å²) in [6, 6.07) is 4.75. The minimum Gasteiger partial charge on any atom is -1.00 e. The first kappa shape index (κ1) is 29.3. The summed E-state index contributed by atoms with van der Waals surface area (Å²) >= 11 is 0. The fraction of sp³-hybridized carbons (Fsp3) is 0.667. The van der Waals surface area contributed by atoms with E-state index in [0.717, 1.165) is 0 Å². The van der Waals surface area contributed by atoms with E-state index in [1.54, 1.807) is 16.3 Å². The second-order valence-corrected chi connectivity index (χ2v) is 10.2. The van der Waals surface area contributed by atoms with Crippen LogP contribution in [-0.4, -0.2) is 8.80 Å². The van der Waals surface area contributed by atoms with Crippen LogP contribution < -0.4 is 42.4 Å². The van der Waals surface area contributed by atoms with Crippen LogP contribution in [0, 0.1) is 0 Å². The van der Waals surface area contributed by atoms with Gasteiger partial charge in [-0.05, 0) is 14.2 Å². The maximum atomic E-state index is 2.43. The molecule has 0 radical (unpaired) electrons. The monoisotopic (exact) mass is 430 g/mol. The number of hydrogen-bond donors (Lipinski definition) is 0. The third-order valence-corrected chi connectivity index (χ3v) is 4.89. The zero-order chi connectivity index (χ0) is 12.7. The van der Waals surface area contributed by atoms with Crippen molar-refractivity contribution in [1.82, 2.24) is 0 Å². The summed E-state index contributed by atoms with van der Waals surface area (Å²) in [5, 5.41) is 1.66. The standard InChI is InChI=1S/C15H27Si.3ClH.Zr/c1-14(2,3)11-9-10-12(16(7)8)13(11)15(4,5)6;;;;/h9-10,16H,1-8H3;3*1H;/q-1;;;;+4/p-3. The van der Waals surface area contributed by atoms with Crippen molar-refractivity contribution in [3.8, 4) is 0 Å². The first-order valence-electron chi connectivity index (χ1n) is 6.35. The number of rotatable bonds is 1.